The molecule has 5 nitrogen and oxygen atoms in total. The van der Waals surface area contributed by atoms with Crippen molar-refractivity contribution in [1.82, 2.24) is 9.62 Å². The summed E-state index contributed by atoms with van der Waals surface area (Å²) in [6.07, 6.45) is 1.98. The molecule has 1 aromatic carbocycles. The van der Waals surface area contributed by atoms with Crippen LogP contribution in [0.1, 0.15) is 25.3 Å². The molecule has 0 bridgehead atoms. The van der Waals surface area contributed by atoms with Crippen molar-refractivity contribution >= 4 is 10.0 Å². The quantitative estimate of drug-likeness (QED) is 0.893. The number of hydrogen-bond acceptors (Lipinski definition) is 4. The van der Waals surface area contributed by atoms with Crippen LogP contribution >= 0.6 is 0 Å². The maximum absolute atomic E-state index is 13.5. The number of sulfonamides is 1. The Bertz CT molecular complexity index is 655. The highest BCUT2D eigenvalue weighted by Gasteiger charge is 2.26. The Morgan fingerprint density at radius 1 is 1.52 bits per heavy atom. The summed E-state index contributed by atoms with van der Waals surface area (Å²) in [6.45, 7) is 4.15. The lowest BCUT2D eigenvalue weighted by atomic mass is 10.2. The number of nitrogens with one attached hydrogen (secondary N) is 1. The lowest BCUT2D eigenvalue weighted by Gasteiger charge is -2.22. The number of rotatable bonds is 5. The highest BCUT2D eigenvalue weighted by molar-refractivity contribution is 7.89. The molecule has 1 unspecified atom stereocenters. The Kier molecular flexibility index (Phi) is 4.93. The largest absolute Gasteiger partial charge is 0.299 e. The second-order valence-corrected chi connectivity index (χ2v) is 6.74. The van der Waals surface area contributed by atoms with Gasteiger partial charge in [-0.05, 0) is 38.1 Å². The third kappa shape index (κ3) is 3.40. The fourth-order valence-electron chi connectivity index (χ4n) is 2.66. The molecule has 0 spiro atoms. The molecule has 114 valence electrons. The molecule has 1 aromatic rings. The van der Waals surface area contributed by atoms with Crippen molar-refractivity contribution in [2.75, 3.05) is 19.6 Å². The van der Waals surface area contributed by atoms with E-state index in [9.17, 15) is 12.8 Å². The normalized spacial score (nSPS) is 19.6. The summed E-state index contributed by atoms with van der Waals surface area (Å²) in [5.74, 6) is -0.823. The first-order valence-corrected chi connectivity index (χ1v) is 8.40. The van der Waals surface area contributed by atoms with E-state index in [4.69, 9.17) is 5.26 Å². The highest BCUT2D eigenvalue weighted by atomic mass is 32.2. The molecule has 1 saturated heterocycles. The molecule has 1 atom stereocenters. The standard InChI is InChI=1S/C14H18FN3O2S/c1-2-18-8-4-5-11(18)10-17-21(19,20)14-7-3-6-13(15)12(14)9-16/h3,6-7,11,17H,2,4-5,8,10H2,1H3. The zero-order chi connectivity index (χ0) is 15.5. The highest BCUT2D eigenvalue weighted by Crippen LogP contribution is 2.19. The van der Waals surface area contributed by atoms with Gasteiger partial charge in [0.2, 0.25) is 10.0 Å². The molecule has 1 fully saturated rings. The lowest BCUT2D eigenvalue weighted by Crippen LogP contribution is -2.40. The van der Waals surface area contributed by atoms with Crippen LogP contribution in [-0.2, 0) is 10.0 Å². The Morgan fingerprint density at radius 3 is 2.95 bits per heavy atom. The van der Waals surface area contributed by atoms with Gasteiger partial charge in [-0.15, -0.1) is 0 Å². The van der Waals surface area contributed by atoms with E-state index < -0.39 is 21.4 Å². The van der Waals surface area contributed by atoms with Crippen molar-refractivity contribution in [2.24, 2.45) is 0 Å². The average molecular weight is 311 g/mol. The molecule has 21 heavy (non-hydrogen) atoms. The van der Waals surface area contributed by atoms with Crippen molar-refractivity contribution in [1.29, 1.82) is 5.26 Å². The maximum Gasteiger partial charge on any atom is 0.242 e. The second-order valence-electron chi connectivity index (χ2n) is 5.00. The molecule has 2 rings (SSSR count). The Balaban J connectivity index is 2.16. The van der Waals surface area contributed by atoms with E-state index >= 15 is 0 Å². The minimum Gasteiger partial charge on any atom is -0.299 e. The summed E-state index contributed by atoms with van der Waals surface area (Å²) in [7, 11) is -3.88. The van der Waals surface area contributed by atoms with E-state index in [1.165, 1.54) is 12.1 Å². The number of nitrogens with zero attached hydrogens (tertiary/aromatic N) is 2. The van der Waals surface area contributed by atoms with Crippen LogP contribution in [-0.4, -0.2) is 39.0 Å². The van der Waals surface area contributed by atoms with E-state index in [-0.39, 0.29) is 17.5 Å². The van der Waals surface area contributed by atoms with Gasteiger partial charge >= 0.3 is 0 Å². The fourth-order valence-corrected chi connectivity index (χ4v) is 3.90. The van der Waals surface area contributed by atoms with Gasteiger partial charge in [-0.1, -0.05) is 13.0 Å². The first-order chi connectivity index (χ1) is 9.99. The van der Waals surface area contributed by atoms with Gasteiger partial charge in [0, 0.05) is 12.6 Å². The van der Waals surface area contributed by atoms with Gasteiger partial charge in [-0.25, -0.2) is 17.5 Å². The summed E-state index contributed by atoms with van der Waals surface area (Å²) < 4.78 is 40.5. The predicted octanol–water partition coefficient (Wildman–Crippen LogP) is 1.46. The van der Waals surface area contributed by atoms with Crippen LogP contribution in [0, 0.1) is 17.1 Å². The summed E-state index contributed by atoms with van der Waals surface area (Å²) in [5, 5.41) is 8.93. The minimum absolute atomic E-state index is 0.156. The van der Waals surface area contributed by atoms with Gasteiger partial charge in [0.1, 0.15) is 22.3 Å². The van der Waals surface area contributed by atoms with Crippen molar-refractivity contribution in [3.8, 4) is 6.07 Å². The van der Waals surface area contributed by atoms with Crippen molar-refractivity contribution < 1.29 is 12.8 Å². The second kappa shape index (κ2) is 6.52. The molecule has 1 aliphatic rings. The van der Waals surface area contributed by atoms with Crippen molar-refractivity contribution in [3.63, 3.8) is 0 Å². The van der Waals surface area contributed by atoms with Gasteiger partial charge in [-0.2, -0.15) is 5.26 Å². The zero-order valence-corrected chi connectivity index (χ0v) is 12.7. The SMILES string of the molecule is CCN1CCCC1CNS(=O)(=O)c1cccc(F)c1C#N. The monoisotopic (exact) mass is 311 g/mol. The van der Waals surface area contributed by atoms with Crippen LogP contribution in [0.4, 0.5) is 4.39 Å². The third-order valence-corrected chi connectivity index (χ3v) is 5.26. The number of likely N-dealkylation sites (N-methyl/N-ethyl adjacent to an activating group) is 1. The fraction of sp³-hybridized carbons (Fsp3) is 0.500. The molecular formula is C14H18FN3O2S. The Morgan fingerprint density at radius 2 is 2.29 bits per heavy atom. The van der Waals surface area contributed by atoms with E-state index in [2.05, 4.69) is 9.62 Å². The van der Waals surface area contributed by atoms with Crippen LogP contribution in [0.3, 0.4) is 0 Å². The van der Waals surface area contributed by atoms with Gasteiger partial charge in [-0.3, -0.25) is 4.90 Å². The predicted molar refractivity (Wildman–Crippen MR) is 76.6 cm³/mol. The zero-order valence-electron chi connectivity index (χ0n) is 11.8. The van der Waals surface area contributed by atoms with Crippen LogP contribution in [0.2, 0.25) is 0 Å². The van der Waals surface area contributed by atoms with Gasteiger partial charge in [0.15, 0.2) is 0 Å². The van der Waals surface area contributed by atoms with Gasteiger partial charge in [0.25, 0.3) is 0 Å². The molecule has 1 aliphatic heterocycles. The number of hydrogen-bond donors (Lipinski definition) is 1. The number of likely N-dealkylation sites (tertiary alicyclic amines) is 1. The number of benzene rings is 1. The van der Waals surface area contributed by atoms with E-state index in [0.29, 0.717) is 0 Å². The maximum atomic E-state index is 13.5. The third-order valence-electron chi connectivity index (χ3n) is 3.79. The number of halogens is 1. The van der Waals surface area contributed by atoms with Crippen molar-refractivity contribution in [3.05, 3.63) is 29.6 Å². The van der Waals surface area contributed by atoms with Crippen LogP contribution in [0.25, 0.3) is 0 Å². The number of nitriles is 1. The first-order valence-electron chi connectivity index (χ1n) is 6.92. The van der Waals surface area contributed by atoms with Crippen molar-refractivity contribution in [2.45, 2.75) is 30.7 Å². The molecule has 1 heterocycles. The van der Waals surface area contributed by atoms with E-state index in [1.54, 1.807) is 6.07 Å². The van der Waals surface area contributed by atoms with Gasteiger partial charge < -0.3 is 0 Å². The molecule has 0 amide bonds. The van der Waals surface area contributed by atoms with E-state index in [1.807, 2.05) is 6.92 Å². The molecule has 0 saturated carbocycles. The smallest absolute Gasteiger partial charge is 0.242 e. The molecule has 7 heteroatoms. The van der Waals surface area contributed by atoms with Gasteiger partial charge in [0.05, 0.1) is 0 Å². The topological polar surface area (TPSA) is 73.2 Å². The minimum atomic E-state index is -3.88. The summed E-state index contributed by atoms with van der Waals surface area (Å²) in [6, 6.07) is 5.38. The van der Waals surface area contributed by atoms with Crippen LogP contribution in [0.15, 0.2) is 23.1 Å². The summed E-state index contributed by atoms with van der Waals surface area (Å²) in [5.41, 5.74) is -0.441. The Labute approximate surface area is 124 Å². The summed E-state index contributed by atoms with van der Waals surface area (Å²) in [4.78, 5) is 1.91. The lowest BCUT2D eigenvalue weighted by molar-refractivity contribution is 0.268. The van der Waals surface area contributed by atoms with Crippen LogP contribution < -0.4 is 4.72 Å². The molecule has 0 aliphatic carbocycles. The average Bonchev–Trinajstić information content (AvgIpc) is 2.92. The molecule has 1 N–H and O–H groups in total. The van der Waals surface area contributed by atoms with E-state index in [0.717, 1.165) is 32.0 Å². The molecule has 0 radical (unpaired) electrons. The molecular weight excluding hydrogens is 293 g/mol. The van der Waals surface area contributed by atoms with Crippen LogP contribution in [0.5, 0.6) is 0 Å². The summed E-state index contributed by atoms with van der Waals surface area (Å²) >= 11 is 0. The first kappa shape index (κ1) is 15.9. The Hall–Kier alpha value is -1.49. The molecule has 0 aromatic heterocycles.